The van der Waals surface area contributed by atoms with Gasteiger partial charge in [-0.1, -0.05) is 26.8 Å². The quantitative estimate of drug-likeness (QED) is 0.552. The summed E-state index contributed by atoms with van der Waals surface area (Å²) >= 11 is 1.43. The SMILES string of the molecule is CC(C)(C)[C@H]1CCc2c(sc(NC(=O)CCC(=O)NCc3ccc4c(c3)OCO4)c2C(N)=O)C1. The molecule has 1 aliphatic carbocycles. The monoisotopic (exact) mass is 485 g/mol. The molecule has 1 aliphatic heterocycles. The molecule has 2 aromatic rings. The maximum atomic E-state index is 12.6. The molecule has 8 nitrogen and oxygen atoms in total. The van der Waals surface area contributed by atoms with Crippen LogP contribution >= 0.6 is 11.3 Å². The molecule has 34 heavy (non-hydrogen) atoms. The van der Waals surface area contributed by atoms with Crippen molar-refractivity contribution in [3.05, 3.63) is 39.8 Å². The average Bonchev–Trinajstić information content (AvgIpc) is 3.38. The first kappa shape index (κ1) is 24.1. The largest absolute Gasteiger partial charge is 0.454 e. The third kappa shape index (κ3) is 5.35. The molecule has 4 N–H and O–H groups in total. The van der Waals surface area contributed by atoms with Crippen molar-refractivity contribution in [2.45, 2.75) is 59.4 Å². The maximum Gasteiger partial charge on any atom is 0.251 e. The third-order valence-electron chi connectivity index (χ3n) is 6.50. The van der Waals surface area contributed by atoms with Crippen LogP contribution in [-0.2, 0) is 29.0 Å². The summed E-state index contributed by atoms with van der Waals surface area (Å²) in [6.07, 6.45) is 2.70. The van der Waals surface area contributed by atoms with E-state index in [4.69, 9.17) is 15.2 Å². The Morgan fingerprint density at radius 1 is 1.12 bits per heavy atom. The molecule has 182 valence electrons. The zero-order valence-corrected chi connectivity index (χ0v) is 20.6. The van der Waals surface area contributed by atoms with Gasteiger partial charge in [-0.2, -0.15) is 0 Å². The average molecular weight is 486 g/mol. The number of carbonyl (C=O) groups excluding carboxylic acids is 3. The molecule has 0 fully saturated rings. The lowest BCUT2D eigenvalue weighted by Gasteiger charge is -2.33. The summed E-state index contributed by atoms with van der Waals surface area (Å²) in [6.45, 7) is 7.21. The second-order valence-electron chi connectivity index (χ2n) is 9.89. The fourth-order valence-electron chi connectivity index (χ4n) is 4.43. The van der Waals surface area contributed by atoms with Gasteiger partial charge in [-0.15, -0.1) is 11.3 Å². The molecule has 0 saturated carbocycles. The van der Waals surface area contributed by atoms with Gasteiger partial charge in [-0.05, 0) is 53.9 Å². The van der Waals surface area contributed by atoms with Crippen LogP contribution in [0.3, 0.4) is 0 Å². The molecule has 3 amide bonds. The van der Waals surface area contributed by atoms with Crippen molar-refractivity contribution in [1.29, 1.82) is 0 Å². The molecule has 4 rings (SSSR count). The molecule has 1 aromatic carbocycles. The van der Waals surface area contributed by atoms with Crippen molar-refractivity contribution in [2.24, 2.45) is 17.1 Å². The fraction of sp³-hybridized carbons (Fsp3) is 0.480. The number of ether oxygens (including phenoxy) is 2. The maximum absolute atomic E-state index is 12.6. The van der Waals surface area contributed by atoms with E-state index < -0.39 is 5.91 Å². The second-order valence-corrected chi connectivity index (χ2v) is 11.0. The summed E-state index contributed by atoms with van der Waals surface area (Å²) in [5.74, 6) is 0.781. The topological polar surface area (TPSA) is 120 Å². The fourth-order valence-corrected chi connectivity index (χ4v) is 5.78. The number of anilines is 1. The Morgan fingerprint density at radius 2 is 1.85 bits per heavy atom. The van der Waals surface area contributed by atoms with E-state index in [1.165, 1.54) is 11.3 Å². The molecule has 1 aromatic heterocycles. The lowest BCUT2D eigenvalue weighted by atomic mass is 9.72. The number of fused-ring (bicyclic) bond motifs is 2. The van der Waals surface area contributed by atoms with Crippen molar-refractivity contribution >= 4 is 34.1 Å². The van der Waals surface area contributed by atoms with Crippen LogP contribution in [-0.4, -0.2) is 24.5 Å². The summed E-state index contributed by atoms with van der Waals surface area (Å²) in [7, 11) is 0. The number of hydrogen-bond donors (Lipinski definition) is 3. The number of benzene rings is 1. The van der Waals surface area contributed by atoms with Gasteiger partial charge < -0.3 is 25.8 Å². The molecular formula is C25H31N3O5S. The molecule has 0 radical (unpaired) electrons. The van der Waals surface area contributed by atoms with Crippen LogP contribution in [0.5, 0.6) is 11.5 Å². The van der Waals surface area contributed by atoms with Crippen LogP contribution in [0.15, 0.2) is 18.2 Å². The molecule has 1 atom stereocenters. The first-order chi connectivity index (χ1) is 16.1. The van der Waals surface area contributed by atoms with Crippen molar-refractivity contribution in [2.75, 3.05) is 12.1 Å². The van der Waals surface area contributed by atoms with E-state index in [9.17, 15) is 14.4 Å². The van der Waals surface area contributed by atoms with Crippen LogP contribution in [0.1, 0.15) is 66.4 Å². The van der Waals surface area contributed by atoms with Crippen molar-refractivity contribution < 1.29 is 23.9 Å². The van der Waals surface area contributed by atoms with E-state index in [0.29, 0.717) is 34.5 Å². The van der Waals surface area contributed by atoms with Gasteiger partial charge in [-0.3, -0.25) is 14.4 Å². The van der Waals surface area contributed by atoms with E-state index in [1.54, 1.807) is 6.07 Å². The summed E-state index contributed by atoms with van der Waals surface area (Å²) < 4.78 is 10.6. The third-order valence-corrected chi connectivity index (χ3v) is 7.66. The number of hydrogen-bond acceptors (Lipinski definition) is 6. The number of rotatable bonds is 7. The smallest absolute Gasteiger partial charge is 0.251 e. The molecule has 9 heteroatoms. The van der Waals surface area contributed by atoms with E-state index >= 15 is 0 Å². The number of nitrogens with two attached hydrogens (primary N) is 1. The van der Waals surface area contributed by atoms with Gasteiger partial charge in [0.1, 0.15) is 5.00 Å². The second kappa shape index (κ2) is 9.66. The van der Waals surface area contributed by atoms with Gasteiger partial charge in [0, 0.05) is 24.3 Å². The number of thiophene rings is 1. The Balaban J connectivity index is 1.31. The Bertz CT molecular complexity index is 1120. The van der Waals surface area contributed by atoms with Crippen LogP contribution in [0.25, 0.3) is 0 Å². The zero-order chi connectivity index (χ0) is 24.5. The summed E-state index contributed by atoms with van der Waals surface area (Å²) in [4.78, 5) is 38.1. The molecule has 2 heterocycles. The summed E-state index contributed by atoms with van der Waals surface area (Å²) in [5.41, 5.74) is 8.11. The standard InChI is InChI=1S/C25H31N3O5S/c1-25(2,3)15-5-6-16-19(11-15)34-24(22(16)23(26)31)28-21(30)9-8-20(29)27-12-14-4-7-17-18(10-14)33-13-32-17/h4,7,10,15H,5-6,8-9,11-13H2,1-3H3,(H2,26,31)(H,27,29)(H,28,30)/t15-/m0/s1. The predicted octanol–water partition coefficient (Wildman–Crippen LogP) is 3.76. The predicted molar refractivity (Wildman–Crippen MR) is 130 cm³/mol. The summed E-state index contributed by atoms with van der Waals surface area (Å²) in [5, 5.41) is 6.14. The highest BCUT2D eigenvalue weighted by Crippen LogP contribution is 2.44. The molecular weight excluding hydrogens is 454 g/mol. The number of carbonyl (C=O) groups is 3. The van der Waals surface area contributed by atoms with Crippen molar-refractivity contribution in [3.63, 3.8) is 0 Å². The Hall–Kier alpha value is -3.07. The number of primary amides is 1. The first-order valence-electron chi connectivity index (χ1n) is 11.5. The van der Waals surface area contributed by atoms with Crippen molar-refractivity contribution in [3.8, 4) is 11.5 Å². The number of nitrogens with one attached hydrogen (secondary N) is 2. The van der Waals surface area contributed by atoms with Gasteiger partial charge in [0.15, 0.2) is 11.5 Å². The molecule has 0 unspecified atom stereocenters. The highest BCUT2D eigenvalue weighted by Gasteiger charge is 2.33. The molecule has 0 spiro atoms. The highest BCUT2D eigenvalue weighted by molar-refractivity contribution is 7.17. The van der Waals surface area contributed by atoms with Crippen LogP contribution in [0.2, 0.25) is 0 Å². The first-order valence-corrected chi connectivity index (χ1v) is 12.3. The van der Waals surface area contributed by atoms with Crippen LogP contribution < -0.4 is 25.8 Å². The Morgan fingerprint density at radius 3 is 2.59 bits per heavy atom. The van der Waals surface area contributed by atoms with Gasteiger partial charge in [0.25, 0.3) is 5.91 Å². The normalized spacial score (nSPS) is 16.6. The Labute approximate surface area is 203 Å². The van der Waals surface area contributed by atoms with Crippen LogP contribution in [0, 0.1) is 11.3 Å². The van der Waals surface area contributed by atoms with Gasteiger partial charge in [-0.25, -0.2) is 0 Å². The van der Waals surface area contributed by atoms with Gasteiger partial charge in [0.2, 0.25) is 18.6 Å². The van der Waals surface area contributed by atoms with E-state index in [-0.39, 0.29) is 36.9 Å². The van der Waals surface area contributed by atoms with Crippen LogP contribution in [0.4, 0.5) is 5.00 Å². The minimum absolute atomic E-state index is 0.0123. The minimum Gasteiger partial charge on any atom is -0.454 e. The molecule has 0 bridgehead atoms. The molecule has 0 saturated heterocycles. The Kier molecular flexibility index (Phi) is 6.84. The summed E-state index contributed by atoms with van der Waals surface area (Å²) in [6, 6.07) is 5.48. The van der Waals surface area contributed by atoms with Gasteiger partial charge in [0.05, 0.1) is 5.56 Å². The van der Waals surface area contributed by atoms with E-state index in [1.807, 2.05) is 12.1 Å². The minimum atomic E-state index is -0.525. The lowest BCUT2D eigenvalue weighted by molar-refractivity contribution is -0.124. The molecule has 2 aliphatic rings. The zero-order valence-electron chi connectivity index (χ0n) is 19.8. The van der Waals surface area contributed by atoms with Gasteiger partial charge >= 0.3 is 0 Å². The lowest BCUT2D eigenvalue weighted by Crippen LogP contribution is -2.27. The highest BCUT2D eigenvalue weighted by atomic mass is 32.1. The van der Waals surface area contributed by atoms with E-state index in [0.717, 1.165) is 35.3 Å². The number of amides is 3. The van der Waals surface area contributed by atoms with Crippen molar-refractivity contribution in [1.82, 2.24) is 5.32 Å². The van der Waals surface area contributed by atoms with E-state index in [2.05, 4.69) is 31.4 Å².